The zero-order chi connectivity index (χ0) is 12.3. The molecule has 1 heterocycles. The highest BCUT2D eigenvalue weighted by Crippen LogP contribution is 2.17. The number of nitrogen functional groups attached to an aromatic ring is 1. The van der Waals surface area contributed by atoms with Crippen molar-refractivity contribution >= 4 is 5.82 Å². The van der Waals surface area contributed by atoms with Crippen LogP contribution in [0.15, 0.2) is 36.7 Å². The molecule has 1 aromatic carbocycles. The van der Waals surface area contributed by atoms with Gasteiger partial charge in [0.05, 0.1) is 12.0 Å². The van der Waals surface area contributed by atoms with Crippen LogP contribution in [0.4, 0.5) is 5.82 Å². The second-order valence-corrected chi connectivity index (χ2v) is 4.56. The van der Waals surface area contributed by atoms with Crippen LogP contribution in [-0.4, -0.2) is 9.55 Å². The molecule has 0 spiro atoms. The molecule has 0 aliphatic carbocycles. The molecule has 0 atom stereocenters. The Morgan fingerprint density at radius 2 is 1.88 bits per heavy atom. The second-order valence-electron chi connectivity index (χ2n) is 4.56. The highest BCUT2D eigenvalue weighted by atomic mass is 15.1. The number of nitrogens with two attached hydrogens (primary N) is 1. The number of imidazole rings is 1. The Morgan fingerprint density at radius 1 is 1.18 bits per heavy atom. The van der Waals surface area contributed by atoms with Crippen molar-refractivity contribution in [3.63, 3.8) is 0 Å². The van der Waals surface area contributed by atoms with Crippen LogP contribution in [0.3, 0.4) is 0 Å². The summed E-state index contributed by atoms with van der Waals surface area (Å²) in [5, 5.41) is 0. The number of aryl methyl sites for hydroxylation is 2. The van der Waals surface area contributed by atoms with Gasteiger partial charge in [0.1, 0.15) is 5.82 Å². The lowest BCUT2D eigenvalue weighted by Gasteiger charge is -2.09. The Labute approximate surface area is 102 Å². The molecule has 0 unspecified atom stereocenters. The molecule has 3 nitrogen and oxygen atoms in total. The number of benzene rings is 1. The third-order valence-electron chi connectivity index (χ3n) is 2.96. The van der Waals surface area contributed by atoms with Gasteiger partial charge in [-0.1, -0.05) is 30.3 Å². The fourth-order valence-corrected chi connectivity index (χ4v) is 1.92. The summed E-state index contributed by atoms with van der Waals surface area (Å²) in [6.45, 7) is 4.22. The van der Waals surface area contributed by atoms with Gasteiger partial charge < -0.3 is 10.3 Å². The van der Waals surface area contributed by atoms with Crippen molar-refractivity contribution in [2.45, 2.75) is 32.7 Å². The van der Waals surface area contributed by atoms with E-state index < -0.39 is 0 Å². The molecule has 2 aromatic rings. The number of hydrogen-bond acceptors (Lipinski definition) is 2. The topological polar surface area (TPSA) is 43.8 Å². The van der Waals surface area contributed by atoms with Crippen LogP contribution in [0, 0.1) is 0 Å². The summed E-state index contributed by atoms with van der Waals surface area (Å²) in [6, 6.07) is 10.8. The fraction of sp³-hybridized carbons (Fsp3) is 0.357. The highest BCUT2D eigenvalue weighted by molar-refractivity contribution is 5.37. The van der Waals surface area contributed by atoms with E-state index in [2.05, 4.69) is 43.1 Å². The molecule has 0 bridgehead atoms. The quantitative estimate of drug-likeness (QED) is 0.876. The molecule has 0 aliphatic heterocycles. The number of anilines is 1. The summed E-state index contributed by atoms with van der Waals surface area (Å²) in [5.74, 6) is 0.802. The van der Waals surface area contributed by atoms with Gasteiger partial charge in [-0.05, 0) is 32.3 Å². The van der Waals surface area contributed by atoms with Crippen LogP contribution in [0.2, 0.25) is 0 Å². The van der Waals surface area contributed by atoms with Crippen molar-refractivity contribution in [1.82, 2.24) is 9.55 Å². The summed E-state index contributed by atoms with van der Waals surface area (Å²) < 4.78 is 2.01. The van der Waals surface area contributed by atoms with Crippen molar-refractivity contribution in [3.8, 4) is 0 Å². The van der Waals surface area contributed by atoms with Gasteiger partial charge in [0.2, 0.25) is 0 Å². The molecule has 0 radical (unpaired) electrons. The summed E-state index contributed by atoms with van der Waals surface area (Å²) in [4.78, 5) is 4.39. The van der Waals surface area contributed by atoms with Gasteiger partial charge in [-0.25, -0.2) is 4.98 Å². The van der Waals surface area contributed by atoms with Gasteiger partial charge in [0, 0.05) is 6.04 Å². The number of nitrogens with zero attached hydrogens (tertiary/aromatic N) is 2. The first kappa shape index (κ1) is 11.7. The Hall–Kier alpha value is -1.77. The van der Waals surface area contributed by atoms with Gasteiger partial charge in [0.25, 0.3) is 0 Å². The van der Waals surface area contributed by atoms with Gasteiger partial charge >= 0.3 is 0 Å². The normalized spacial score (nSPS) is 11.0. The SMILES string of the molecule is CC(C)n1cnc(CCc2ccccc2)c1N. The van der Waals surface area contributed by atoms with E-state index in [4.69, 9.17) is 5.73 Å². The molecular formula is C14H19N3. The van der Waals surface area contributed by atoms with E-state index in [0.29, 0.717) is 6.04 Å². The molecule has 0 amide bonds. The molecule has 0 saturated heterocycles. The van der Waals surface area contributed by atoms with E-state index >= 15 is 0 Å². The van der Waals surface area contributed by atoms with Crippen LogP contribution >= 0.6 is 0 Å². The summed E-state index contributed by atoms with van der Waals surface area (Å²) in [5.41, 5.74) is 8.40. The lowest BCUT2D eigenvalue weighted by molar-refractivity contribution is 0.607. The zero-order valence-corrected chi connectivity index (χ0v) is 10.4. The van der Waals surface area contributed by atoms with E-state index in [9.17, 15) is 0 Å². The Morgan fingerprint density at radius 3 is 2.47 bits per heavy atom. The molecule has 2 rings (SSSR count). The van der Waals surface area contributed by atoms with Crippen LogP contribution in [0.5, 0.6) is 0 Å². The minimum absolute atomic E-state index is 0.368. The lowest BCUT2D eigenvalue weighted by atomic mass is 10.1. The minimum Gasteiger partial charge on any atom is -0.384 e. The summed E-state index contributed by atoms with van der Waals surface area (Å²) in [6.07, 6.45) is 3.72. The Kier molecular flexibility index (Phi) is 3.47. The maximum atomic E-state index is 6.07. The lowest BCUT2D eigenvalue weighted by Crippen LogP contribution is -2.05. The van der Waals surface area contributed by atoms with Crippen molar-refractivity contribution in [3.05, 3.63) is 47.9 Å². The molecule has 3 heteroatoms. The van der Waals surface area contributed by atoms with E-state index in [-0.39, 0.29) is 0 Å². The number of aromatic nitrogens is 2. The average Bonchev–Trinajstić information content (AvgIpc) is 2.69. The maximum absolute atomic E-state index is 6.07. The monoisotopic (exact) mass is 229 g/mol. The molecule has 90 valence electrons. The van der Waals surface area contributed by atoms with Gasteiger partial charge in [-0.15, -0.1) is 0 Å². The van der Waals surface area contributed by atoms with Crippen LogP contribution in [0.1, 0.15) is 31.1 Å². The van der Waals surface area contributed by atoms with Crippen LogP contribution in [-0.2, 0) is 12.8 Å². The fourth-order valence-electron chi connectivity index (χ4n) is 1.92. The zero-order valence-electron chi connectivity index (χ0n) is 10.4. The first-order valence-electron chi connectivity index (χ1n) is 6.03. The van der Waals surface area contributed by atoms with Crippen molar-refractivity contribution in [1.29, 1.82) is 0 Å². The molecule has 0 saturated carbocycles. The first-order valence-corrected chi connectivity index (χ1v) is 6.03. The van der Waals surface area contributed by atoms with E-state index in [1.807, 2.05) is 17.0 Å². The van der Waals surface area contributed by atoms with Gasteiger partial charge in [0.15, 0.2) is 0 Å². The summed E-state index contributed by atoms with van der Waals surface area (Å²) in [7, 11) is 0. The first-order chi connectivity index (χ1) is 8.18. The third-order valence-corrected chi connectivity index (χ3v) is 2.96. The predicted molar refractivity (Wildman–Crippen MR) is 70.9 cm³/mol. The van der Waals surface area contributed by atoms with E-state index in [1.165, 1.54) is 5.56 Å². The highest BCUT2D eigenvalue weighted by Gasteiger charge is 2.09. The van der Waals surface area contributed by atoms with Crippen LogP contribution in [0.25, 0.3) is 0 Å². The molecule has 1 aromatic heterocycles. The standard InChI is InChI=1S/C14H19N3/c1-11(2)17-10-16-13(14(17)15)9-8-12-6-4-3-5-7-12/h3-7,10-11H,8-9,15H2,1-2H3. The number of hydrogen-bond donors (Lipinski definition) is 1. The third kappa shape index (κ3) is 2.67. The number of rotatable bonds is 4. The Bertz CT molecular complexity index is 471. The average molecular weight is 229 g/mol. The molecule has 0 fully saturated rings. The van der Waals surface area contributed by atoms with Crippen molar-refractivity contribution in [2.75, 3.05) is 5.73 Å². The largest absolute Gasteiger partial charge is 0.384 e. The van der Waals surface area contributed by atoms with Gasteiger partial charge in [-0.2, -0.15) is 0 Å². The minimum atomic E-state index is 0.368. The predicted octanol–water partition coefficient (Wildman–Crippen LogP) is 2.83. The molecule has 17 heavy (non-hydrogen) atoms. The smallest absolute Gasteiger partial charge is 0.126 e. The van der Waals surface area contributed by atoms with Crippen molar-refractivity contribution < 1.29 is 0 Å². The molecule has 0 aliphatic rings. The van der Waals surface area contributed by atoms with Gasteiger partial charge in [-0.3, -0.25) is 0 Å². The molecule has 2 N–H and O–H groups in total. The molecular weight excluding hydrogens is 210 g/mol. The van der Waals surface area contributed by atoms with Crippen LogP contribution < -0.4 is 5.73 Å². The van der Waals surface area contributed by atoms with E-state index in [1.54, 1.807) is 0 Å². The maximum Gasteiger partial charge on any atom is 0.126 e. The summed E-state index contributed by atoms with van der Waals surface area (Å²) >= 11 is 0. The van der Waals surface area contributed by atoms with E-state index in [0.717, 1.165) is 24.4 Å². The second kappa shape index (κ2) is 5.04. The van der Waals surface area contributed by atoms with Crippen molar-refractivity contribution in [2.24, 2.45) is 0 Å². The Balaban J connectivity index is 2.05.